The summed E-state index contributed by atoms with van der Waals surface area (Å²) in [6, 6.07) is 12.3. The van der Waals surface area contributed by atoms with Gasteiger partial charge in [0.15, 0.2) is 11.5 Å². The number of hydrogen-bond donors (Lipinski definition) is 1. The van der Waals surface area contributed by atoms with Crippen molar-refractivity contribution in [2.75, 3.05) is 14.2 Å². The largest absolute Gasteiger partial charge is 0.493 e. The SMILES string of the molecule is COc1cc(C(=O)N[C@@H](C)CCc2ccccc2)c([N+](=O)[O-])cc1OC. The molecular weight excluding hydrogens is 336 g/mol. The minimum atomic E-state index is -0.606. The van der Waals surface area contributed by atoms with E-state index in [1.165, 1.54) is 31.9 Å². The summed E-state index contributed by atoms with van der Waals surface area (Å²) in [5, 5.41) is 14.1. The van der Waals surface area contributed by atoms with Crippen LogP contribution in [0.1, 0.15) is 29.3 Å². The molecule has 0 spiro atoms. The molecule has 138 valence electrons. The van der Waals surface area contributed by atoms with Gasteiger partial charge >= 0.3 is 0 Å². The van der Waals surface area contributed by atoms with Crippen molar-refractivity contribution in [1.29, 1.82) is 0 Å². The summed E-state index contributed by atoms with van der Waals surface area (Å²) in [5.41, 5.74) is 0.792. The van der Waals surface area contributed by atoms with E-state index in [-0.39, 0.29) is 28.8 Å². The molecule has 0 radical (unpaired) electrons. The van der Waals surface area contributed by atoms with Crippen LogP contribution in [0.2, 0.25) is 0 Å². The van der Waals surface area contributed by atoms with Gasteiger partial charge in [0, 0.05) is 12.1 Å². The zero-order chi connectivity index (χ0) is 19.1. The topological polar surface area (TPSA) is 90.7 Å². The molecule has 0 heterocycles. The third-order valence-corrected chi connectivity index (χ3v) is 4.03. The highest BCUT2D eigenvalue weighted by Gasteiger charge is 2.25. The molecule has 0 saturated heterocycles. The molecule has 0 aliphatic carbocycles. The van der Waals surface area contributed by atoms with E-state index in [1.54, 1.807) is 0 Å². The molecule has 1 amide bonds. The molecule has 2 rings (SSSR count). The number of carbonyl (C=O) groups is 1. The zero-order valence-corrected chi connectivity index (χ0v) is 15.0. The number of rotatable bonds is 8. The van der Waals surface area contributed by atoms with Crippen LogP contribution in [-0.2, 0) is 6.42 Å². The molecule has 0 fully saturated rings. The standard InChI is InChI=1S/C19H22N2O5/c1-13(9-10-14-7-5-4-6-8-14)20-19(22)15-11-17(25-2)18(26-3)12-16(15)21(23)24/h4-8,11-13H,9-10H2,1-3H3,(H,20,22)/t13-/m0/s1. The Morgan fingerprint density at radius 3 is 2.35 bits per heavy atom. The molecule has 0 unspecified atom stereocenters. The second-order valence-corrected chi connectivity index (χ2v) is 5.88. The van der Waals surface area contributed by atoms with Gasteiger partial charge in [0.05, 0.1) is 25.2 Å². The van der Waals surface area contributed by atoms with Gasteiger partial charge in [0.1, 0.15) is 5.56 Å². The van der Waals surface area contributed by atoms with Gasteiger partial charge in [-0.2, -0.15) is 0 Å². The van der Waals surface area contributed by atoms with Crippen molar-refractivity contribution in [2.24, 2.45) is 0 Å². The van der Waals surface area contributed by atoms with Gasteiger partial charge in [-0.1, -0.05) is 30.3 Å². The Morgan fingerprint density at radius 2 is 1.77 bits per heavy atom. The zero-order valence-electron chi connectivity index (χ0n) is 15.0. The van der Waals surface area contributed by atoms with Crippen molar-refractivity contribution in [3.8, 4) is 11.5 Å². The number of nitro groups is 1. The Kier molecular flexibility index (Phi) is 6.54. The number of nitrogens with zero attached hydrogens (tertiary/aromatic N) is 1. The van der Waals surface area contributed by atoms with Crippen LogP contribution in [0.5, 0.6) is 11.5 Å². The van der Waals surface area contributed by atoms with Gasteiger partial charge < -0.3 is 14.8 Å². The normalized spacial score (nSPS) is 11.5. The lowest BCUT2D eigenvalue weighted by Crippen LogP contribution is -2.33. The number of nitro benzene ring substituents is 1. The molecule has 26 heavy (non-hydrogen) atoms. The summed E-state index contributed by atoms with van der Waals surface area (Å²) >= 11 is 0. The van der Waals surface area contributed by atoms with Crippen molar-refractivity contribution in [1.82, 2.24) is 5.32 Å². The van der Waals surface area contributed by atoms with Gasteiger partial charge in [0.25, 0.3) is 11.6 Å². The van der Waals surface area contributed by atoms with E-state index in [9.17, 15) is 14.9 Å². The van der Waals surface area contributed by atoms with Crippen LogP contribution >= 0.6 is 0 Å². The van der Waals surface area contributed by atoms with Gasteiger partial charge in [-0.05, 0) is 25.3 Å². The molecule has 7 nitrogen and oxygen atoms in total. The minimum absolute atomic E-state index is 0.0563. The smallest absolute Gasteiger partial charge is 0.286 e. The van der Waals surface area contributed by atoms with Crippen LogP contribution in [0.25, 0.3) is 0 Å². The molecule has 7 heteroatoms. The number of aryl methyl sites for hydroxylation is 1. The molecular formula is C19H22N2O5. The molecule has 0 bridgehead atoms. The first-order valence-electron chi connectivity index (χ1n) is 8.21. The number of amides is 1. The molecule has 0 aliphatic heterocycles. The summed E-state index contributed by atoms with van der Waals surface area (Å²) in [6.45, 7) is 1.87. The van der Waals surface area contributed by atoms with E-state index in [0.717, 1.165) is 12.8 Å². The van der Waals surface area contributed by atoms with Crippen LogP contribution in [0, 0.1) is 10.1 Å². The first kappa shape index (κ1) is 19.2. The van der Waals surface area contributed by atoms with Crippen molar-refractivity contribution in [3.05, 3.63) is 63.7 Å². The average molecular weight is 358 g/mol. The highest BCUT2D eigenvalue weighted by Crippen LogP contribution is 2.34. The second kappa shape index (κ2) is 8.84. The third-order valence-electron chi connectivity index (χ3n) is 4.03. The average Bonchev–Trinajstić information content (AvgIpc) is 2.65. The van der Waals surface area contributed by atoms with Crippen molar-refractivity contribution < 1.29 is 19.2 Å². The first-order valence-corrected chi connectivity index (χ1v) is 8.21. The Bertz CT molecular complexity index is 777. The highest BCUT2D eigenvalue weighted by molar-refractivity contribution is 5.99. The Balaban J connectivity index is 2.13. The highest BCUT2D eigenvalue weighted by atomic mass is 16.6. The fraction of sp³-hybridized carbons (Fsp3) is 0.316. The lowest BCUT2D eigenvalue weighted by Gasteiger charge is -2.15. The number of carbonyl (C=O) groups excluding carboxylic acids is 1. The van der Waals surface area contributed by atoms with E-state index in [4.69, 9.17) is 9.47 Å². The number of hydrogen-bond acceptors (Lipinski definition) is 5. The summed E-state index contributed by atoms with van der Waals surface area (Å²) in [4.78, 5) is 23.3. The lowest BCUT2D eigenvalue weighted by atomic mass is 10.1. The maximum absolute atomic E-state index is 12.5. The molecule has 1 N–H and O–H groups in total. The van der Waals surface area contributed by atoms with E-state index in [0.29, 0.717) is 0 Å². The first-order chi connectivity index (χ1) is 12.5. The van der Waals surface area contributed by atoms with Crippen LogP contribution < -0.4 is 14.8 Å². The fourth-order valence-corrected chi connectivity index (χ4v) is 2.60. The van der Waals surface area contributed by atoms with E-state index in [1.807, 2.05) is 37.3 Å². The summed E-state index contributed by atoms with van der Waals surface area (Å²) in [6.07, 6.45) is 1.52. The Hall–Kier alpha value is -3.09. The van der Waals surface area contributed by atoms with Crippen molar-refractivity contribution >= 4 is 11.6 Å². The molecule has 0 aromatic heterocycles. The van der Waals surface area contributed by atoms with Gasteiger partial charge in [0.2, 0.25) is 0 Å². The number of ether oxygens (including phenoxy) is 2. The fourth-order valence-electron chi connectivity index (χ4n) is 2.60. The number of methoxy groups -OCH3 is 2. The third kappa shape index (κ3) is 4.72. The van der Waals surface area contributed by atoms with Gasteiger partial charge in [-0.15, -0.1) is 0 Å². The second-order valence-electron chi connectivity index (χ2n) is 5.88. The van der Waals surface area contributed by atoms with Gasteiger partial charge in [-0.3, -0.25) is 14.9 Å². The molecule has 0 aliphatic rings. The lowest BCUT2D eigenvalue weighted by molar-refractivity contribution is -0.385. The predicted molar refractivity (Wildman–Crippen MR) is 97.9 cm³/mol. The van der Waals surface area contributed by atoms with Crippen molar-refractivity contribution in [2.45, 2.75) is 25.8 Å². The van der Waals surface area contributed by atoms with E-state index in [2.05, 4.69) is 5.32 Å². The number of benzene rings is 2. The minimum Gasteiger partial charge on any atom is -0.493 e. The van der Waals surface area contributed by atoms with E-state index >= 15 is 0 Å². The maximum atomic E-state index is 12.5. The Labute approximate surface area is 152 Å². The van der Waals surface area contributed by atoms with Crippen LogP contribution in [0.3, 0.4) is 0 Å². The molecule has 0 saturated carbocycles. The van der Waals surface area contributed by atoms with Crippen molar-refractivity contribution in [3.63, 3.8) is 0 Å². The van der Waals surface area contributed by atoms with E-state index < -0.39 is 10.8 Å². The van der Waals surface area contributed by atoms with Gasteiger partial charge in [-0.25, -0.2) is 0 Å². The number of nitrogens with one attached hydrogen (secondary N) is 1. The molecule has 2 aromatic rings. The summed E-state index contributed by atoms with van der Waals surface area (Å²) in [5.74, 6) is -0.0497. The summed E-state index contributed by atoms with van der Waals surface area (Å²) in [7, 11) is 2.79. The summed E-state index contributed by atoms with van der Waals surface area (Å²) < 4.78 is 10.2. The molecule has 2 aromatic carbocycles. The monoisotopic (exact) mass is 358 g/mol. The van der Waals surface area contributed by atoms with Crippen LogP contribution in [0.15, 0.2) is 42.5 Å². The Morgan fingerprint density at radius 1 is 1.15 bits per heavy atom. The van der Waals surface area contributed by atoms with Crippen LogP contribution in [0.4, 0.5) is 5.69 Å². The molecule has 1 atom stereocenters. The van der Waals surface area contributed by atoms with Crippen LogP contribution in [-0.4, -0.2) is 31.1 Å². The quantitative estimate of drug-likeness (QED) is 0.577. The predicted octanol–water partition coefficient (Wildman–Crippen LogP) is 3.36. The maximum Gasteiger partial charge on any atom is 0.286 e.